The zero-order chi connectivity index (χ0) is 12.8. The van der Waals surface area contributed by atoms with E-state index in [0.29, 0.717) is 12.4 Å². The first-order chi connectivity index (χ1) is 8.75. The van der Waals surface area contributed by atoms with Crippen molar-refractivity contribution in [3.8, 4) is 5.75 Å². The van der Waals surface area contributed by atoms with Crippen LogP contribution in [0.15, 0.2) is 22.7 Å². The van der Waals surface area contributed by atoms with Crippen molar-refractivity contribution in [2.75, 3.05) is 19.7 Å². The lowest BCUT2D eigenvalue weighted by Crippen LogP contribution is -2.26. The molecule has 0 aliphatic heterocycles. The van der Waals surface area contributed by atoms with E-state index in [1.807, 2.05) is 0 Å². The van der Waals surface area contributed by atoms with E-state index in [1.54, 1.807) is 6.07 Å². The molecule has 1 aromatic rings. The van der Waals surface area contributed by atoms with Crippen LogP contribution in [-0.2, 0) is 0 Å². The standard InChI is InChI=1S/C14H19BrFNO/c15-13-6-5-12(16)9-14(13)18-8-7-17-10-11-3-1-2-4-11/h5-6,9,11,17H,1-4,7-8,10H2. The molecule has 1 aromatic carbocycles. The van der Waals surface area contributed by atoms with Crippen LogP contribution in [0.5, 0.6) is 5.75 Å². The zero-order valence-electron chi connectivity index (χ0n) is 10.4. The molecule has 18 heavy (non-hydrogen) atoms. The first-order valence-electron chi connectivity index (χ1n) is 6.54. The molecular weight excluding hydrogens is 297 g/mol. The van der Waals surface area contributed by atoms with Crippen LogP contribution in [0.1, 0.15) is 25.7 Å². The van der Waals surface area contributed by atoms with E-state index in [0.717, 1.165) is 23.5 Å². The highest BCUT2D eigenvalue weighted by Crippen LogP contribution is 2.25. The number of hydrogen-bond acceptors (Lipinski definition) is 2. The molecule has 0 unspecified atom stereocenters. The predicted molar refractivity (Wildman–Crippen MR) is 74.4 cm³/mol. The second kappa shape index (κ2) is 7.10. The third kappa shape index (κ3) is 4.25. The highest BCUT2D eigenvalue weighted by molar-refractivity contribution is 9.10. The van der Waals surface area contributed by atoms with Gasteiger partial charge in [0.15, 0.2) is 0 Å². The highest BCUT2D eigenvalue weighted by Gasteiger charge is 2.13. The maximum absolute atomic E-state index is 13.0. The lowest BCUT2D eigenvalue weighted by atomic mass is 10.1. The van der Waals surface area contributed by atoms with E-state index in [2.05, 4.69) is 21.2 Å². The molecule has 1 aliphatic carbocycles. The van der Waals surface area contributed by atoms with Crippen molar-refractivity contribution < 1.29 is 9.13 Å². The Kier molecular flexibility index (Phi) is 5.45. The topological polar surface area (TPSA) is 21.3 Å². The maximum Gasteiger partial charge on any atom is 0.136 e. The normalized spacial score (nSPS) is 16.1. The Labute approximate surface area is 116 Å². The summed E-state index contributed by atoms with van der Waals surface area (Å²) in [6.45, 7) is 2.45. The van der Waals surface area contributed by atoms with Crippen molar-refractivity contribution in [3.63, 3.8) is 0 Å². The van der Waals surface area contributed by atoms with Gasteiger partial charge in [-0.05, 0) is 53.4 Å². The van der Waals surface area contributed by atoms with Gasteiger partial charge in [0.05, 0.1) is 4.47 Å². The van der Waals surface area contributed by atoms with Crippen LogP contribution in [0.4, 0.5) is 4.39 Å². The van der Waals surface area contributed by atoms with Crippen molar-refractivity contribution in [1.82, 2.24) is 5.32 Å². The number of rotatable bonds is 6. The molecule has 0 bridgehead atoms. The molecule has 0 amide bonds. The van der Waals surface area contributed by atoms with E-state index in [4.69, 9.17) is 4.74 Å². The summed E-state index contributed by atoms with van der Waals surface area (Å²) in [7, 11) is 0. The van der Waals surface area contributed by atoms with E-state index in [-0.39, 0.29) is 5.82 Å². The van der Waals surface area contributed by atoms with Crippen molar-refractivity contribution in [2.45, 2.75) is 25.7 Å². The Morgan fingerprint density at radius 2 is 2.11 bits per heavy atom. The Balaban J connectivity index is 1.64. The summed E-state index contributed by atoms with van der Waals surface area (Å²) >= 11 is 3.34. The van der Waals surface area contributed by atoms with Crippen molar-refractivity contribution in [1.29, 1.82) is 0 Å². The van der Waals surface area contributed by atoms with E-state index >= 15 is 0 Å². The van der Waals surface area contributed by atoms with Crippen molar-refractivity contribution >= 4 is 15.9 Å². The Morgan fingerprint density at radius 1 is 1.33 bits per heavy atom. The number of hydrogen-bond donors (Lipinski definition) is 1. The Morgan fingerprint density at radius 3 is 2.89 bits per heavy atom. The van der Waals surface area contributed by atoms with Gasteiger partial charge in [-0.15, -0.1) is 0 Å². The molecule has 1 fully saturated rings. The summed E-state index contributed by atoms with van der Waals surface area (Å²) in [5, 5.41) is 3.40. The van der Waals surface area contributed by atoms with Crippen LogP contribution in [0.25, 0.3) is 0 Å². The quantitative estimate of drug-likeness (QED) is 0.807. The second-order valence-corrected chi connectivity index (χ2v) is 5.63. The third-order valence-corrected chi connectivity index (χ3v) is 3.99. The van der Waals surface area contributed by atoms with E-state index in [1.165, 1.54) is 37.8 Å². The van der Waals surface area contributed by atoms with Gasteiger partial charge in [0.25, 0.3) is 0 Å². The van der Waals surface area contributed by atoms with Gasteiger partial charge in [0, 0.05) is 12.6 Å². The van der Waals surface area contributed by atoms with Gasteiger partial charge in [0.2, 0.25) is 0 Å². The van der Waals surface area contributed by atoms with Crippen LogP contribution in [0, 0.1) is 11.7 Å². The van der Waals surface area contributed by atoms with E-state index in [9.17, 15) is 4.39 Å². The molecule has 0 heterocycles. The lowest BCUT2D eigenvalue weighted by molar-refractivity contribution is 0.305. The van der Waals surface area contributed by atoms with Crippen LogP contribution in [0.2, 0.25) is 0 Å². The lowest BCUT2D eigenvalue weighted by Gasteiger charge is -2.12. The van der Waals surface area contributed by atoms with Gasteiger partial charge < -0.3 is 10.1 Å². The molecule has 0 saturated heterocycles. The molecular formula is C14H19BrFNO. The van der Waals surface area contributed by atoms with Crippen LogP contribution >= 0.6 is 15.9 Å². The number of halogens is 2. The average molecular weight is 316 g/mol. The van der Waals surface area contributed by atoms with Gasteiger partial charge in [0.1, 0.15) is 18.2 Å². The fourth-order valence-corrected chi connectivity index (χ4v) is 2.70. The molecule has 0 aromatic heterocycles. The van der Waals surface area contributed by atoms with E-state index < -0.39 is 0 Å². The zero-order valence-corrected chi connectivity index (χ0v) is 12.0. The van der Waals surface area contributed by atoms with Gasteiger partial charge in [-0.1, -0.05) is 12.8 Å². The molecule has 100 valence electrons. The van der Waals surface area contributed by atoms with Gasteiger partial charge in [-0.2, -0.15) is 0 Å². The first kappa shape index (κ1) is 13.8. The molecule has 2 rings (SSSR count). The molecule has 0 atom stereocenters. The molecule has 1 saturated carbocycles. The average Bonchev–Trinajstić information content (AvgIpc) is 2.86. The number of ether oxygens (including phenoxy) is 1. The second-order valence-electron chi connectivity index (χ2n) is 4.78. The van der Waals surface area contributed by atoms with Gasteiger partial charge >= 0.3 is 0 Å². The van der Waals surface area contributed by atoms with Crippen LogP contribution < -0.4 is 10.1 Å². The van der Waals surface area contributed by atoms with Crippen molar-refractivity contribution in [2.24, 2.45) is 5.92 Å². The summed E-state index contributed by atoms with van der Waals surface area (Å²) in [6, 6.07) is 4.48. The predicted octanol–water partition coefficient (Wildman–Crippen LogP) is 3.75. The summed E-state index contributed by atoms with van der Waals surface area (Å²) in [5.41, 5.74) is 0. The summed E-state index contributed by atoms with van der Waals surface area (Å²) in [5.74, 6) is 1.13. The van der Waals surface area contributed by atoms with Crippen LogP contribution in [0.3, 0.4) is 0 Å². The Bertz CT molecular complexity index is 380. The smallest absolute Gasteiger partial charge is 0.136 e. The molecule has 4 heteroatoms. The number of benzene rings is 1. The minimum absolute atomic E-state index is 0.271. The fraction of sp³-hybridized carbons (Fsp3) is 0.571. The number of nitrogens with one attached hydrogen (secondary N) is 1. The molecule has 1 N–H and O–H groups in total. The highest BCUT2D eigenvalue weighted by atomic mass is 79.9. The van der Waals surface area contributed by atoms with Crippen molar-refractivity contribution in [3.05, 3.63) is 28.5 Å². The molecule has 1 aliphatic rings. The molecule has 0 radical (unpaired) electrons. The summed E-state index contributed by atoms with van der Waals surface area (Å²) < 4.78 is 19.3. The van der Waals surface area contributed by atoms with Gasteiger partial charge in [-0.25, -0.2) is 4.39 Å². The fourth-order valence-electron chi connectivity index (χ4n) is 2.34. The monoisotopic (exact) mass is 315 g/mol. The molecule has 0 spiro atoms. The van der Waals surface area contributed by atoms with Gasteiger partial charge in [-0.3, -0.25) is 0 Å². The van der Waals surface area contributed by atoms with Crippen LogP contribution in [-0.4, -0.2) is 19.7 Å². The maximum atomic E-state index is 13.0. The third-order valence-electron chi connectivity index (χ3n) is 3.34. The largest absolute Gasteiger partial charge is 0.491 e. The Hall–Kier alpha value is -0.610. The summed E-state index contributed by atoms with van der Waals surface area (Å²) in [4.78, 5) is 0. The summed E-state index contributed by atoms with van der Waals surface area (Å²) in [6.07, 6.45) is 5.45. The minimum atomic E-state index is -0.271. The minimum Gasteiger partial charge on any atom is -0.491 e. The first-order valence-corrected chi connectivity index (χ1v) is 7.33. The SMILES string of the molecule is Fc1ccc(Br)c(OCCNCC2CCCC2)c1. The molecule has 2 nitrogen and oxygen atoms in total.